The summed E-state index contributed by atoms with van der Waals surface area (Å²) in [4.78, 5) is 22.5. The number of hydrogen-bond donors (Lipinski definition) is 3. The number of allylic oxidation sites excluding steroid dienone is 2. The predicted octanol–water partition coefficient (Wildman–Crippen LogP) is 0.293. The minimum Gasteiger partial charge on any atom is -0.480 e. The second-order valence-electron chi connectivity index (χ2n) is 4.05. The van der Waals surface area contributed by atoms with Gasteiger partial charge in [-0.15, -0.1) is 0 Å². The van der Waals surface area contributed by atoms with Crippen LogP contribution in [0, 0.1) is 5.92 Å². The molecule has 0 aromatic rings. The predicted molar refractivity (Wildman–Crippen MR) is 57.7 cm³/mol. The second kappa shape index (κ2) is 5.65. The number of nitrogens with one attached hydrogen (secondary N) is 1. The molecule has 0 aromatic carbocycles. The van der Waals surface area contributed by atoms with E-state index in [0.29, 0.717) is 6.42 Å². The summed E-state index contributed by atoms with van der Waals surface area (Å²) in [5.41, 5.74) is 0. The third-order valence-corrected chi connectivity index (χ3v) is 2.69. The monoisotopic (exact) mass is 227 g/mol. The van der Waals surface area contributed by atoms with Crippen molar-refractivity contribution in [1.29, 1.82) is 0 Å². The van der Waals surface area contributed by atoms with E-state index in [-0.39, 0.29) is 11.8 Å². The molecular weight excluding hydrogens is 210 g/mol. The highest BCUT2D eigenvalue weighted by molar-refractivity contribution is 5.85. The van der Waals surface area contributed by atoms with Crippen LogP contribution in [-0.4, -0.2) is 34.2 Å². The summed E-state index contributed by atoms with van der Waals surface area (Å²) >= 11 is 0. The van der Waals surface area contributed by atoms with Gasteiger partial charge in [0, 0.05) is 5.92 Å². The van der Waals surface area contributed by atoms with E-state index in [4.69, 9.17) is 5.11 Å². The summed E-state index contributed by atoms with van der Waals surface area (Å²) in [6.07, 6.45) is 5.04. The lowest BCUT2D eigenvalue weighted by Gasteiger charge is -2.22. The molecule has 1 aliphatic carbocycles. The Morgan fingerprint density at radius 1 is 1.44 bits per heavy atom. The molecule has 0 saturated heterocycles. The molecule has 5 nitrogen and oxygen atoms in total. The molecule has 0 bridgehead atoms. The largest absolute Gasteiger partial charge is 0.480 e. The Bertz CT molecular complexity index is 298. The lowest BCUT2D eigenvalue weighted by molar-refractivity contribution is -0.145. The zero-order chi connectivity index (χ0) is 12.1. The van der Waals surface area contributed by atoms with Gasteiger partial charge in [0.2, 0.25) is 5.91 Å². The number of carboxylic acid groups (broad SMARTS) is 1. The molecule has 0 radical (unpaired) electrons. The first kappa shape index (κ1) is 12.7. The Balaban J connectivity index is 2.54. The molecule has 3 atom stereocenters. The van der Waals surface area contributed by atoms with E-state index in [1.165, 1.54) is 6.92 Å². The Morgan fingerprint density at radius 3 is 2.56 bits per heavy atom. The summed E-state index contributed by atoms with van der Waals surface area (Å²) in [6, 6.07) is -1.22. The first-order chi connectivity index (χ1) is 7.52. The maximum atomic E-state index is 11.7. The van der Waals surface area contributed by atoms with Crippen molar-refractivity contribution in [3.8, 4) is 0 Å². The Labute approximate surface area is 94.2 Å². The molecule has 1 amide bonds. The first-order valence-electron chi connectivity index (χ1n) is 5.38. The summed E-state index contributed by atoms with van der Waals surface area (Å²) < 4.78 is 0. The third kappa shape index (κ3) is 3.34. The van der Waals surface area contributed by atoms with Crippen molar-refractivity contribution >= 4 is 11.9 Å². The highest BCUT2D eigenvalue weighted by Crippen LogP contribution is 2.18. The van der Waals surface area contributed by atoms with Crippen molar-refractivity contribution in [2.45, 2.75) is 38.3 Å². The molecular formula is C11H17NO4. The Morgan fingerprint density at radius 2 is 2.12 bits per heavy atom. The van der Waals surface area contributed by atoms with Crippen molar-refractivity contribution in [3.05, 3.63) is 12.2 Å². The van der Waals surface area contributed by atoms with Crippen LogP contribution in [0.2, 0.25) is 0 Å². The molecule has 0 spiro atoms. The number of amides is 1. The second-order valence-corrected chi connectivity index (χ2v) is 4.05. The van der Waals surface area contributed by atoms with E-state index in [1.807, 2.05) is 12.2 Å². The van der Waals surface area contributed by atoms with Gasteiger partial charge in [0.25, 0.3) is 0 Å². The van der Waals surface area contributed by atoms with Crippen molar-refractivity contribution in [1.82, 2.24) is 5.32 Å². The van der Waals surface area contributed by atoms with Crippen LogP contribution in [0.1, 0.15) is 26.2 Å². The summed E-state index contributed by atoms with van der Waals surface area (Å²) in [7, 11) is 0. The van der Waals surface area contributed by atoms with Crippen molar-refractivity contribution < 1.29 is 19.8 Å². The van der Waals surface area contributed by atoms with Crippen LogP contribution in [-0.2, 0) is 9.59 Å². The highest BCUT2D eigenvalue weighted by Gasteiger charge is 2.28. The third-order valence-electron chi connectivity index (χ3n) is 2.69. The van der Waals surface area contributed by atoms with E-state index < -0.39 is 18.1 Å². The number of hydrogen-bond acceptors (Lipinski definition) is 3. The van der Waals surface area contributed by atoms with Crippen LogP contribution < -0.4 is 5.32 Å². The number of aliphatic carboxylic acids is 1. The molecule has 0 heterocycles. The zero-order valence-electron chi connectivity index (χ0n) is 9.22. The standard InChI is InChI=1S/C11H17NO4/c1-7(13)9(11(15)16)12-10(14)8-5-3-2-4-6-8/h2-3,7-9,13H,4-6H2,1H3,(H,12,14)(H,15,16). The van der Waals surface area contributed by atoms with Crippen molar-refractivity contribution in [2.24, 2.45) is 5.92 Å². The van der Waals surface area contributed by atoms with Crippen LogP contribution in [0.3, 0.4) is 0 Å². The van der Waals surface area contributed by atoms with Gasteiger partial charge in [-0.25, -0.2) is 4.79 Å². The fraction of sp³-hybridized carbons (Fsp3) is 0.636. The lowest BCUT2D eigenvalue weighted by atomic mass is 9.93. The minimum atomic E-state index is -1.22. The lowest BCUT2D eigenvalue weighted by Crippen LogP contribution is -2.49. The van der Waals surface area contributed by atoms with Gasteiger partial charge in [0.15, 0.2) is 6.04 Å². The first-order valence-corrected chi connectivity index (χ1v) is 5.38. The Kier molecular flexibility index (Phi) is 4.49. The van der Waals surface area contributed by atoms with Crippen LogP contribution >= 0.6 is 0 Å². The van der Waals surface area contributed by atoms with Gasteiger partial charge in [-0.1, -0.05) is 12.2 Å². The average molecular weight is 227 g/mol. The molecule has 1 aliphatic rings. The van der Waals surface area contributed by atoms with Gasteiger partial charge < -0.3 is 15.5 Å². The normalized spacial score (nSPS) is 23.5. The summed E-state index contributed by atoms with van der Waals surface area (Å²) in [5, 5.41) is 20.4. The Hall–Kier alpha value is -1.36. The van der Waals surface area contributed by atoms with Gasteiger partial charge in [-0.05, 0) is 26.2 Å². The molecule has 3 N–H and O–H groups in total. The van der Waals surface area contributed by atoms with Crippen molar-refractivity contribution in [3.63, 3.8) is 0 Å². The fourth-order valence-corrected chi connectivity index (χ4v) is 1.69. The van der Waals surface area contributed by atoms with E-state index in [0.717, 1.165) is 12.8 Å². The number of rotatable bonds is 4. The van der Waals surface area contributed by atoms with E-state index in [1.54, 1.807) is 0 Å². The van der Waals surface area contributed by atoms with Gasteiger partial charge in [0.05, 0.1) is 6.10 Å². The average Bonchev–Trinajstić information content (AvgIpc) is 2.25. The van der Waals surface area contributed by atoms with Gasteiger partial charge in [-0.2, -0.15) is 0 Å². The molecule has 1 rings (SSSR count). The van der Waals surface area contributed by atoms with Crippen LogP contribution in [0.5, 0.6) is 0 Å². The quantitative estimate of drug-likeness (QED) is 0.602. The van der Waals surface area contributed by atoms with Gasteiger partial charge >= 0.3 is 5.97 Å². The topological polar surface area (TPSA) is 86.6 Å². The van der Waals surface area contributed by atoms with E-state index >= 15 is 0 Å². The molecule has 0 aliphatic heterocycles. The maximum Gasteiger partial charge on any atom is 0.328 e. The molecule has 5 heteroatoms. The number of carbonyl (C=O) groups excluding carboxylic acids is 1. The number of carboxylic acids is 1. The molecule has 3 unspecified atom stereocenters. The SMILES string of the molecule is CC(O)C(NC(=O)C1CC=CCC1)C(=O)O. The number of aliphatic hydroxyl groups excluding tert-OH is 1. The van der Waals surface area contributed by atoms with Crippen LogP contribution in [0.15, 0.2) is 12.2 Å². The van der Waals surface area contributed by atoms with Gasteiger partial charge in [0.1, 0.15) is 0 Å². The molecule has 16 heavy (non-hydrogen) atoms. The number of aliphatic hydroxyl groups is 1. The van der Waals surface area contributed by atoms with E-state index in [2.05, 4.69) is 5.32 Å². The molecule has 0 aromatic heterocycles. The smallest absolute Gasteiger partial charge is 0.328 e. The maximum absolute atomic E-state index is 11.7. The molecule has 0 fully saturated rings. The van der Waals surface area contributed by atoms with Crippen molar-refractivity contribution in [2.75, 3.05) is 0 Å². The molecule has 90 valence electrons. The fourth-order valence-electron chi connectivity index (χ4n) is 1.69. The zero-order valence-corrected chi connectivity index (χ0v) is 9.22. The minimum absolute atomic E-state index is 0.175. The molecule has 0 saturated carbocycles. The highest BCUT2D eigenvalue weighted by atomic mass is 16.4. The number of carbonyl (C=O) groups is 2. The van der Waals surface area contributed by atoms with Crippen LogP contribution in [0.25, 0.3) is 0 Å². The summed E-state index contributed by atoms with van der Waals surface area (Å²) in [6.45, 7) is 1.35. The van der Waals surface area contributed by atoms with E-state index in [9.17, 15) is 14.7 Å². The summed E-state index contributed by atoms with van der Waals surface area (Å²) in [5.74, 6) is -1.68. The van der Waals surface area contributed by atoms with Crippen LogP contribution in [0.4, 0.5) is 0 Å². The van der Waals surface area contributed by atoms with Gasteiger partial charge in [-0.3, -0.25) is 4.79 Å².